The minimum atomic E-state index is -0.431. The van der Waals surface area contributed by atoms with Gasteiger partial charge in [-0.2, -0.15) is 5.10 Å². The van der Waals surface area contributed by atoms with Crippen LogP contribution in [0.1, 0.15) is 40.1 Å². The largest absolute Gasteiger partial charge is 0.378 e. The average molecular weight is 405 g/mol. The van der Waals surface area contributed by atoms with Crippen molar-refractivity contribution < 1.29 is 14.3 Å². The first-order chi connectivity index (χ1) is 14.4. The molecule has 0 bridgehead atoms. The van der Waals surface area contributed by atoms with E-state index >= 15 is 0 Å². The van der Waals surface area contributed by atoms with Crippen LogP contribution in [-0.2, 0) is 11.2 Å². The van der Waals surface area contributed by atoms with Crippen LogP contribution in [0.25, 0.3) is 5.65 Å². The highest BCUT2D eigenvalue weighted by Crippen LogP contribution is 2.41. The van der Waals surface area contributed by atoms with Crippen molar-refractivity contribution in [3.05, 3.63) is 53.5 Å². The number of carbonyl (C=O) groups excluding carboxylic acids is 2. The van der Waals surface area contributed by atoms with Gasteiger partial charge in [-0.3, -0.25) is 9.59 Å². The minimum absolute atomic E-state index is 0.150. The molecule has 0 spiro atoms. The molecule has 2 aliphatic rings. The lowest BCUT2D eigenvalue weighted by molar-refractivity contribution is 0.0863. The average Bonchev–Trinajstić information content (AvgIpc) is 3.27. The van der Waals surface area contributed by atoms with Gasteiger partial charge in [0.2, 0.25) is 0 Å². The number of ether oxygens (including phenoxy) is 1. The lowest BCUT2D eigenvalue weighted by Gasteiger charge is -2.31. The Morgan fingerprint density at radius 2 is 2.03 bits per heavy atom. The SMILES string of the molecule is CC1(C)Cc2cc(NC(=O)c3cnn4cccnc34)c(N3CCOCC3)cc2C1=O. The molecule has 8 heteroatoms. The summed E-state index contributed by atoms with van der Waals surface area (Å²) < 4.78 is 7.05. The lowest BCUT2D eigenvalue weighted by Crippen LogP contribution is -2.37. The molecule has 1 saturated heterocycles. The zero-order valence-corrected chi connectivity index (χ0v) is 17.0. The molecule has 0 radical (unpaired) electrons. The Morgan fingerprint density at radius 1 is 1.23 bits per heavy atom. The van der Waals surface area contributed by atoms with E-state index in [0.29, 0.717) is 49.6 Å². The summed E-state index contributed by atoms with van der Waals surface area (Å²) in [5.74, 6) is -0.126. The molecule has 154 valence electrons. The Hall–Kier alpha value is -3.26. The summed E-state index contributed by atoms with van der Waals surface area (Å²) in [4.78, 5) is 32.4. The van der Waals surface area contributed by atoms with Gasteiger partial charge in [0, 0.05) is 36.5 Å². The summed E-state index contributed by atoms with van der Waals surface area (Å²) in [6.45, 7) is 6.57. The van der Waals surface area contributed by atoms with Gasteiger partial charge in [0.05, 0.1) is 30.8 Å². The van der Waals surface area contributed by atoms with Gasteiger partial charge in [0.25, 0.3) is 5.91 Å². The maximum atomic E-state index is 13.1. The van der Waals surface area contributed by atoms with E-state index < -0.39 is 5.41 Å². The van der Waals surface area contributed by atoms with Crippen molar-refractivity contribution in [1.29, 1.82) is 0 Å². The van der Waals surface area contributed by atoms with E-state index in [-0.39, 0.29) is 11.7 Å². The number of rotatable bonds is 3. The molecule has 1 N–H and O–H groups in total. The van der Waals surface area contributed by atoms with Crippen LogP contribution in [0.2, 0.25) is 0 Å². The van der Waals surface area contributed by atoms with Crippen molar-refractivity contribution in [2.45, 2.75) is 20.3 Å². The van der Waals surface area contributed by atoms with Crippen LogP contribution in [-0.4, -0.2) is 52.6 Å². The number of hydrogen-bond acceptors (Lipinski definition) is 6. The Morgan fingerprint density at radius 3 is 2.83 bits per heavy atom. The summed E-state index contributed by atoms with van der Waals surface area (Å²) in [5.41, 5.74) is 3.73. The second-order valence-electron chi connectivity index (χ2n) is 8.42. The topological polar surface area (TPSA) is 88.8 Å². The van der Waals surface area contributed by atoms with Crippen LogP contribution in [0.4, 0.5) is 11.4 Å². The van der Waals surface area contributed by atoms with Crippen LogP contribution in [0, 0.1) is 5.41 Å². The minimum Gasteiger partial charge on any atom is -0.378 e. The maximum Gasteiger partial charge on any atom is 0.261 e. The third-order valence-corrected chi connectivity index (χ3v) is 5.84. The Labute approximate surface area is 173 Å². The standard InChI is InChI=1S/C22H23N5O3/c1-22(2)12-14-10-17(18(11-15(14)19(22)28)26-6-8-30-9-7-26)25-21(29)16-13-24-27-5-3-4-23-20(16)27/h3-5,10-11,13H,6-9,12H2,1-2H3,(H,25,29). The summed E-state index contributed by atoms with van der Waals surface area (Å²) in [5, 5.41) is 7.25. The Kier molecular flexibility index (Phi) is 4.32. The molecule has 1 aromatic carbocycles. The number of carbonyl (C=O) groups is 2. The van der Waals surface area contributed by atoms with Crippen molar-refractivity contribution in [2.24, 2.45) is 5.41 Å². The van der Waals surface area contributed by atoms with Crippen molar-refractivity contribution in [3.8, 4) is 0 Å². The quantitative estimate of drug-likeness (QED) is 0.721. The predicted molar refractivity (Wildman–Crippen MR) is 112 cm³/mol. The number of benzene rings is 1. The molecule has 3 heterocycles. The van der Waals surface area contributed by atoms with E-state index in [2.05, 4.69) is 20.3 Å². The molecule has 0 unspecified atom stereocenters. The van der Waals surface area contributed by atoms with Crippen LogP contribution < -0.4 is 10.2 Å². The van der Waals surface area contributed by atoms with Crippen LogP contribution in [0.15, 0.2) is 36.8 Å². The third kappa shape index (κ3) is 3.04. The van der Waals surface area contributed by atoms with E-state index in [1.54, 1.807) is 23.0 Å². The van der Waals surface area contributed by atoms with Crippen molar-refractivity contribution in [2.75, 3.05) is 36.5 Å². The summed E-state index contributed by atoms with van der Waals surface area (Å²) >= 11 is 0. The molecule has 5 rings (SSSR count). The molecule has 8 nitrogen and oxygen atoms in total. The number of amides is 1. The van der Waals surface area contributed by atoms with Gasteiger partial charge < -0.3 is 15.0 Å². The van der Waals surface area contributed by atoms with Gasteiger partial charge in [-0.15, -0.1) is 0 Å². The van der Waals surface area contributed by atoms with Crippen molar-refractivity contribution >= 4 is 28.7 Å². The fourth-order valence-electron chi connectivity index (χ4n) is 4.25. The first-order valence-corrected chi connectivity index (χ1v) is 10.1. The fraction of sp³-hybridized carbons (Fsp3) is 0.364. The lowest BCUT2D eigenvalue weighted by atomic mass is 9.89. The molecule has 30 heavy (non-hydrogen) atoms. The van der Waals surface area contributed by atoms with Gasteiger partial charge >= 0.3 is 0 Å². The molecular formula is C22H23N5O3. The Bertz CT molecular complexity index is 1160. The number of hydrogen-bond donors (Lipinski definition) is 1. The number of fused-ring (bicyclic) bond motifs is 2. The van der Waals surface area contributed by atoms with Gasteiger partial charge in [0.15, 0.2) is 11.4 Å². The predicted octanol–water partition coefficient (Wildman–Crippen LogP) is 2.58. The van der Waals surface area contributed by atoms with E-state index in [1.807, 2.05) is 26.0 Å². The first-order valence-electron chi connectivity index (χ1n) is 10.1. The molecule has 1 amide bonds. The second-order valence-corrected chi connectivity index (χ2v) is 8.42. The number of ketones is 1. The van der Waals surface area contributed by atoms with Gasteiger partial charge in [0.1, 0.15) is 5.56 Å². The molecule has 1 fully saturated rings. The smallest absolute Gasteiger partial charge is 0.261 e. The zero-order chi connectivity index (χ0) is 20.9. The highest BCUT2D eigenvalue weighted by Gasteiger charge is 2.38. The van der Waals surface area contributed by atoms with Gasteiger partial charge in [-0.1, -0.05) is 13.8 Å². The van der Waals surface area contributed by atoms with Crippen LogP contribution in [0.3, 0.4) is 0 Å². The molecule has 2 aromatic heterocycles. The highest BCUT2D eigenvalue weighted by atomic mass is 16.5. The second kappa shape index (κ2) is 6.91. The number of morpholine rings is 1. The monoisotopic (exact) mass is 405 g/mol. The third-order valence-electron chi connectivity index (χ3n) is 5.84. The number of nitrogens with one attached hydrogen (secondary N) is 1. The van der Waals surface area contributed by atoms with Crippen LogP contribution >= 0.6 is 0 Å². The molecule has 1 aliphatic carbocycles. The van der Waals surface area contributed by atoms with Crippen molar-refractivity contribution in [1.82, 2.24) is 14.6 Å². The Balaban J connectivity index is 1.55. The van der Waals surface area contributed by atoms with E-state index in [4.69, 9.17) is 4.74 Å². The summed E-state index contributed by atoms with van der Waals surface area (Å²) in [7, 11) is 0. The maximum absolute atomic E-state index is 13.1. The number of aromatic nitrogens is 3. The van der Waals surface area contributed by atoms with E-state index in [1.165, 1.54) is 6.20 Å². The molecule has 0 atom stereocenters. The van der Waals surface area contributed by atoms with Gasteiger partial charge in [-0.25, -0.2) is 9.50 Å². The van der Waals surface area contributed by atoms with Gasteiger partial charge in [-0.05, 0) is 30.2 Å². The van der Waals surface area contributed by atoms with Crippen LogP contribution in [0.5, 0.6) is 0 Å². The molecule has 1 aliphatic heterocycles. The normalized spacial score (nSPS) is 17.9. The molecule has 0 saturated carbocycles. The molecular weight excluding hydrogens is 382 g/mol. The fourth-order valence-corrected chi connectivity index (χ4v) is 4.25. The molecule has 3 aromatic rings. The van der Waals surface area contributed by atoms with E-state index in [0.717, 1.165) is 16.8 Å². The summed E-state index contributed by atoms with van der Waals surface area (Å²) in [6, 6.07) is 5.64. The summed E-state index contributed by atoms with van der Waals surface area (Å²) in [6.07, 6.45) is 5.56. The number of anilines is 2. The van der Waals surface area contributed by atoms with E-state index in [9.17, 15) is 9.59 Å². The number of Topliss-reactive ketones (excluding diaryl/α,β-unsaturated/α-hetero) is 1. The highest BCUT2D eigenvalue weighted by molar-refractivity contribution is 6.11. The first kappa shape index (κ1) is 18.7. The number of nitrogens with zero attached hydrogens (tertiary/aromatic N) is 4. The van der Waals surface area contributed by atoms with Crippen molar-refractivity contribution in [3.63, 3.8) is 0 Å². The zero-order valence-electron chi connectivity index (χ0n) is 17.0.